The molecule has 1 aliphatic carbocycles. The average Bonchev–Trinajstić information content (AvgIpc) is 3.26. The fourth-order valence-electron chi connectivity index (χ4n) is 4.06. The summed E-state index contributed by atoms with van der Waals surface area (Å²) in [5.41, 5.74) is 0.443. The van der Waals surface area contributed by atoms with E-state index in [0.29, 0.717) is 0 Å². The van der Waals surface area contributed by atoms with Gasteiger partial charge in [0.2, 0.25) is 0 Å². The minimum absolute atomic E-state index is 0.0702. The Morgan fingerprint density at radius 3 is 2.71 bits per heavy atom. The number of nitrogens with one attached hydrogen (secondary N) is 1. The maximum Gasteiger partial charge on any atom is 0.310 e. The summed E-state index contributed by atoms with van der Waals surface area (Å²) >= 11 is 0. The van der Waals surface area contributed by atoms with Gasteiger partial charge in [-0.05, 0) is 44.4 Å². The number of benzene rings is 1. The summed E-state index contributed by atoms with van der Waals surface area (Å²) in [5, 5.41) is 4.22. The quantitative estimate of drug-likeness (QED) is 0.579. The first kappa shape index (κ1) is 21.2. The Morgan fingerprint density at radius 1 is 1.23 bits per heavy atom. The first-order valence-corrected chi connectivity index (χ1v) is 11.1. The summed E-state index contributed by atoms with van der Waals surface area (Å²) in [6.07, 6.45) is 4.30. The van der Waals surface area contributed by atoms with E-state index in [1.807, 2.05) is 24.8 Å². The van der Waals surface area contributed by atoms with Crippen molar-refractivity contribution in [2.24, 2.45) is 7.05 Å². The van der Waals surface area contributed by atoms with E-state index < -0.39 is 32.4 Å². The molecular formula is C20H21F2N5O3S. The third kappa shape index (κ3) is 4.22. The van der Waals surface area contributed by atoms with E-state index in [-0.39, 0.29) is 17.5 Å². The van der Waals surface area contributed by atoms with Crippen LogP contribution in [0.5, 0.6) is 5.75 Å². The zero-order valence-corrected chi connectivity index (χ0v) is 17.7. The summed E-state index contributed by atoms with van der Waals surface area (Å²) in [4.78, 5) is 5.98. The maximum absolute atomic E-state index is 14.7. The van der Waals surface area contributed by atoms with E-state index in [2.05, 4.69) is 15.1 Å². The molecule has 1 aromatic carbocycles. The highest BCUT2D eigenvalue weighted by Gasteiger charge is 2.43. The van der Waals surface area contributed by atoms with Gasteiger partial charge in [0.1, 0.15) is 27.9 Å². The molecule has 0 unspecified atom stereocenters. The monoisotopic (exact) mass is 449 g/mol. The van der Waals surface area contributed by atoms with Crippen LogP contribution in [0.1, 0.15) is 37.8 Å². The number of hydrogen-bond acceptors (Lipinski definition) is 6. The van der Waals surface area contributed by atoms with E-state index >= 15 is 0 Å². The minimum Gasteiger partial charge on any atom is -0.487 e. The Labute approximate surface area is 178 Å². The van der Waals surface area contributed by atoms with Gasteiger partial charge in [0.15, 0.2) is 0 Å². The second-order valence-electron chi connectivity index (χ2n) is 7.65. The third-order valence-electron chi connectivity index (χ3n) is 5.53. The largest absolute Gasteiger partial charge is 0.487 e. The smallest absolute Gasteiger partial charge is 0.310 e. The standard InChI is InChI=1S/C20H21F2N5O3S/c1-20(9-3-4-14(20)16-7-11-24-27(16)2)30-13-5-6-17(15(21)12-13)31(28,29)26-18-8-10-23-19(22)25-18/h5-8,10-12,14H,3-4,9H2,1-2H3,(H,23,25,26)/t14-,20-/m1/s1. The van der Waals surface area contributed by atoms with Gasteiger partial charge >= 0.3 is 6.08 Å². The summed E-state index contributed by atoms with van der Waals surface area (Å²) in [7, 11) is -2.46. The molecule has 1 aliphatic rings. The number of aromatic nitrogens is 4. The third-order valence-corrected chi connectivity index (χ3v) is 6.92. The van der Waals surface area contributed by atoms with E-state index in [0.717, 1.165) is 49.4 Å². The Balaban J connectivity index is 1.57. The molecule has 11 heteroatoms. The van der Waals surface area contributed by atoms with Gasteiger partial charge in [-0.15, -0.1) is 0 Å². The predicted octanol–water partition coefficient (Wildman–Crippen LogP) is 3.39. The van der Waals surface area contributed by atoms with Crippen LogP contribution in [0.25, 0.3) is 0 Å². The number of anilines is 1. The SMILES string of the molecule is Cn1nccc1[C@H]1CCC[C@@]1(C)Oc1ccc(S(=O)(=O)Nc2ccnc(F)n2)c(F)c1. The lowest BCUT2D eigenvalue weighted by molar-refractivity contribution is 0.0748. The van der Waals surface area contributed by atoms with Crippen molar-refractivity contribution < 1.29 is 21.9 Å². The maximum atomic E-state index is 14.7. The summed E-state index contributed by atoms with van der Waals surface area (Å²) in [6, 6.07) is 6.66. The van der Waals surface area contributed by atoms with Crippen LogP contribution in [0.4, 0.5) is 14.6 Å². The number of nitrogens with zero attached hydrogens (tertiary/aromatic N) is 4. The molecule has 0 spiro atoms. The van der Waals surface area contributed by atoms with Crippen molar-refractivity contribution in [2.45, 2.75) is 42.6 Å². The topological polar surface area (TPSA) is 99.0 Å². The highest BCUT2D eigenvalue weighted by Crippen LogP contribution is 2.45. The summed E-state index contributed by atoms with van der Waals surface area (Å²) < 4.78 is 62.9. The second kappa shape index (κ2) is 7.88. The number of halogens is 2. The Morgan fingerprint density at radius 2 is 2.03 bits per heavy atom. The van der Waals surface area contributed by atoms with Gasteiger partial charge < -0.3 is 4.74 Å². The van der Waals surface area contributed by atoms with Crippen molar-refractivity contribution in [2.75, 3.05) is 4.72 Å². The van der Waals surface area contributed by atoms with Crippen LogP contribution in [0.3, 0.4) is 0 Å². The van der Waals surface area contributed by atoms with Crippen molar-refractivity contribution in [3.05, 3.63) is 60.3 Å². The lowest BCUT2D eigenvalue weighted by Crippen LogP contribution is -2.36. The molecule has 3 aromatic rings. The first-order valence-electron chi connectivity index (χ1n) is 9.66. The molecule has 1 saturated carbocycles. The molecule has 2 atom stereocenters. The van der Waals surface area contributed by atoms with Crippen LogP contribution >= 0.6 is 0 Å². The van der Waals surface area contributed by atoms with Crippen LogP contribution in [0.15, 0.2) is 47.6 Å². The Kier molecular flexibility index (Phi) is 5.38. The Hall–Kier alpha value is -3.08. The fraction of sp³-hybridized carbons (Fsp3) is 0.350. The zero-order chi connectivity index (χ0) is 22.2. The van der Waals surface area contributed by atoms with Crippen LogP contribution in [0.2, 0.25) is 0 Å². The van der Waals surface area contributed by atoms with E-state index in [1.54, 1.807) is 10.9 Å². The number of aryl methyl sites for hydroxylation is 1. The molecular weight excluding hydrogens is 428 g/mol. The molecule has 1 N–H and O–H groups in total. The summed E-state index contributed by atoms with van der Waals surface area (Å²) in [5.74, 6) is -0.996. The van der Waals surface area contributed by atoms with Crippen molar-refractivity contribution >= 4 is 15.8 Å². The molecule has 4 rings (SSSR count). The van der Waals surface area contributed by atoms with Crippen LogP contribution in [-0.2, 0) is 17.1 Å². The number of rotatable bonds is 6. The summed E-state index contributed by atoms with van der Waals surface area (Å²) in [6.45, 7) is 1.96. The molecule has 0 saturated heterocycles. The molecule has 8 nitrogen and oxygen atoms in total. The van der Waals surface area contributed by atoms with Crippen LogP contribution < -0.4 is 9.46 Å². The minimum atomic E-state index is -4.32. The van der Waals surface area contributed by atoms with Gasteiger partial charge in [-0.2, -0.15) is 14.5 Å². The molecule has 164 valence electrons. The second-order valence-corrected chi connectivity index (χ2v) is 9.30. The molecule has 1 fully saturated rings. The molecule has 31 heavy (non-hydrogen) atoms. The lowest BCUT2D eigenvalue weighted by Gasteiger charge is -2.32. The van der Waals surface area contributed by atoms with Gasteiger partial charge in [0, 0.05) is 43.2 Å². The highest BCUT2D eigenvalue weighted by atomic mass is 32.2. The molecule has 2 aromatic heterocycles. The van der Waals surface area contributed by atoms with Crippen LogP contribution in [-0.4, -0.2) is 33.8 Å². The van der Waals surface area contributed by atoms with E-state index in [1.165, 1.54) is 6.07 Å². The average molecular weight is 449 g/mol. The number of ether oxygens (including phenoxy) is 1. The van der Waals surface area contributed by atoms with E-state index in [4.69, 9.17) is 4.74 Å². The lowest BCUT2D eigenvalue weighted by atomic mass is 9.89. The van der Waals surface area contributed by atoms with Crippen LogP contribution in [0, 0.1) is 11.9 Å². The van der Waals surface area contributed by atoms with Gasteiger partial charge in [-0.1, -0.05) is 0 Å². The molecule has 0 amide bonds. The molecule has 0 aliphatic heterocycles. The van der Waals surface area contributed by atoms with Gasteiger partial charge in [0.25, 0.3) is 10.0 Å². The van der Waals surface area contributed by atoms with Gasteiger partial charge in [-0.25, -0.2) is 17.8 Å². The van der Waals surface area contributed by atoms with E-state index in [9.17, 15) is 17.2 Å². The van der Waals surface area contributed by atoms with Crippen molar-refractivity contribution in [1.29, 1.82) is 0 Å². The Bertz CT molecular complexity index is 1220. The number of sulfonamides is 1. The zero-order valence-electron chi connectivity index (χ0n) is 16.9. The molecule has 0 radical (unpaired) electrons. The molecule has 0 bridgehead atoms. The highest BCUT2D eigenvalue weighted by molar-refractivity contribution is 7.92. The van der Waals surface area contributed by atoms with Crippen molar-refractivity contribution in [1.82, 2.24) is 19.7 Å². The van der Waals surface area contributed by atoms with Crippen molar-refractivity contribution in [3.63, 3.8) is 0 Å². The molecule has 2 heterocycles. The predicted molar refractivity (Wildman–Crippen MR) is 108 cm³/mol. The normalized spacial score (nSPS) is 21.2. The fourth-order valence-corrected chi connectivity index (χ4v) is 5.12. The van der Waals surface area contributed by atoms with Gasteiger partial charge in [-0.3, -0.25) is 9.40 Å². The van der Waals surface area contributed by atoms with Crippen molar-refractivity contribution in [3.8, 4) is 5.75 Å². The first-order chi connectivity index (χ1) is 14.7. The van der Waals surface area contributed by atoms with Gasteiger partial charge in [0.05, 0.1) is 0 Å². The number of hydrogen-bond donors (Lipinski definition) is 1.